The Bertz CT molecular complexity index is 1600. The summed E-state index contributed by atoms with van der Waals surface area (Å²) in [5, 5.41) is 16.8. The number of rotatable bonds is 6. The summed E-state index contributed by atoms with van der Waals surface area (Å²) in [4.78, 5) is 44.8. The Hall–Kier alpha value is -4.01. The molecular formula is C27H20Cl2N4O4. The molecule has 10 heteroatoms. The fourth-order valence-corrected chi connectivity index (χ4v) is 4.73. The Balaban J connectivity index is 1.68. The zero-order chi connectivity index (χ0) is 26.1. The molecule has 0 aliphatic carbocycles. The highest BCUT2D eigenvalue weighted by atomic mass is 35.5. The number of hydrogen-bond acceptors (Lipinski definition) is 5. The van der Waals surface area contributed by atoms with Crippen molar-refractivity contribution >= 4 is 51.8 Å². The predicted octanol–water partition coefficient (Wildman–Crippen LogP) is 5.44. The average molecular weight is 535 g/mol. The Kier molecular flexibility index (Phi) is 6.78. The first-order valence-corrected chi connectivity index (χ1v) is 12.2. The minimum atomic E-state index is -1.08. The molecule has 0 saturated carbocycles. The van der Waals surface area contributed by atoms with Crippen molar-refractivity contribution in [3.05, 3.63) is 98.4 Å². The van der Waals surface area contributed by atoms with E-state index >= 15 is 0 Å². The monoisotopic (exact) mass is 534 g/mol. The van der Waals surface area contributed by atoms with Crippen molar-refractivity contribution in [2.24, 2.45) is 5.10 Å². The molecule has 4 aromatic rings. The maximum atomic E-state index is 13.5. The van der Waals surface area contributed by atoms with Gasteiger partial charge in [0.1, 0.15) is 5.65 Å². The fraction of sp³-hybridized carbons (Fsp3) is 0.148. The second-order valence-electron chi connectivity index (χ2n) is 8.56. The maximum Gasteiger partial charge on any atom is 0.303 e. The Morgan fingerprint density at radius 3 is 2.32 bits per heavy atom. The summed E-state index contributed by atoms with van der Waals surface area (Å²) in [5.41, 5.74) is 2.87. The Morgan fingerprint density at radius 2 is 1.65 bits per heavy atom. The molecule has 5 rings (SSSR count). The molecule has 1 amide bonds. The Labute approximate surface area is 221 Å². The van der Waals surface area contributed by atoms with Gasteiger partial charge in [-0.1, -0.05) is 47.5 Å². The van der Waals surface area contributed by atoms with Crippen molar-refractivity contribution in [1.82, 2.24) is 15.0 Å². The third kappa shape index (κ3) is 4.98. The van der Waals surface area contributed by atoms with E-state index in [1.54, 1.807) is 48.7 Å². The fourth-order valence-electron chi connectivity index (χ4n) is 4.48. The molecule has 8 nitrogen and oxygen atoms in total. The van der Waals surface area contributed by atoms with Gasteiger partial charge >= 0.3 is 5.97 Å². The number of nitrogens with zero attached hydrogens (tertiary/aromatic N) is 3. The molecule has 0 radical (unpaired) electrons. The summed E-state index contributed by atoms with van der Waals surface area (Å²) in [6.45, 7) is 0. The standard InChI is InChI=1S/C27H20Cl2N4O4/c28-17-7-3-15(4-8-17)21-14-20(32-33(21)22(34)11-12-23(35)36)25-24(16-5-9-18(29)10-6-16)19-2-1-13-30-26(19)31-27(25)37/h1-10,13,21H,11-12,14H2,(H,35,36)(H,30,31,37)/t21-/m1/s1. The lowest BCUT2D eigenvalue weighted by atomic mass is 9.91. The third-order valence-electron chi connectivity index (χ3n) is 6.18. The van der Waals surface area contributed by atoms with E-state index in [1.807, 2.05) is 18.2 Å². The minimum absolute atomic E-state index is 0.224. The zero-order valence-corrected chi connectivity index (χ0v) is 20.8. The van der Waals surface area contributed by atoms with Gasteiger partial charge in [-0.2, -0.15) is 5.10 Å². The first kappa shape index (κ1) is 24.7. The number of H-pyrrole nitrogens is 1. The van der Waals surface area contributed by atoms with Crippen LogP contribution in [0.5, 0.6) is 0 Å². The summed E-state index contributed by atoms with van der Waals surface area (Å²) in [5.74, 6) is -1.53. The van der Waals surface area contributed by atoms with Gasteiger partial charge < -0.3 is 10.1 Å². The molecule has 0 unspecified atom stereocenters. The van der Waals surface area contributed by atoms with Gasteiger partial charge in [-0.05, 0) is 47.5 Å². The van der Waals surface area contributed by atoms with E-state index < -0.39 is 23.5 Å². The molecule has 0 saturated heterocycles. The molecular weight excluding hydrogens is 515 g/mol. The number of pyridine rings is 2. The molecule has 1 atom stereocenters. The molecule has 1 aliphatic heterocycles. The van der Waals surface area contributed by atoms with Crippen molar-refractivity contribution in [2.75, 3.05) is 0 Å². The smallest absolute Gasteiger partial charge is 0.303 e. The van der Waals surface area contributed by atoms with E-state index in [1.165, 1.54) is 5.01 Å². The van der Waals surface area contributed by atoms with Crippen molar-refractivity contribution < 1.29 is 14.7 Å². The number of benzene rings is 2. The summed E-state index contributed by atoms with van der Waals surface area (Å²) in [7, 11) is 0. The summed E-state index contributed by atoms with van der Waals surface area (Å²) >= 11 is 12.2. The highest BCUT2D eigenvalue weighted by molar-refractivity contribution is 6.31. The highest BCUT2D eigenvalue weighted by Crippen LogP contribution is 2.37. The normalized spacial score (nSPS) is 15.1. The number of carboxylic acid groups (broad SMARTS) is 1. The number of halogens is 2. The number of aliphatic carboxylic acids is 1. The quantitative estimate of drug-likeness (QED) is 0.341. The van der Waals surface area contributed by atoms with Crippen LogP contribution in [0.3, 0.4) is 0 Å². The van der Waals surface area contributed by atoms with Gasteiger partial charge in [0.2, 0.25) is 5.91 Å². The van der Waals surface area contributed by atoms with E-state index in [0.717, 1.165) is 11.1 Å². The number of amides is 1. The first-order chi connectivity index (χ1) is 17.8. The van der Waals surface area contributed by atoms with Crippen molar-refractivity contribution in [3.63, 3.8) is 0 Å². The van der Waals surface area contributed by atoms with Crippen LogP contribution < -0.4 is 5.56 Å². The number of carbonyl (C=O) groups excluding carboxylic acids is 1. The molecule has 186 valence electrons. The molecule has 0 spiro atoms. The second-order valence-corrected chi connectivity index (χ2v) is 9.43. The number of aromatic nitrogens is 2. The molecule has 37 heavy (non-hydrogen) atoms. The van der Waals surface area contributed by atoms with Crippen LogP contribution in [0, 0.1) is 0 Å². The van der Waals surface area contributed by atoms with Gasteiger partial charge in [-0.3, -0.25) is 14.4 Å². The number of carboxylic acids is 1. The van der Waals surface area contributed by atoms with E-state index in [0.29, 0.717) is 37.9 Å². The van der Waals surface area contributed by atoms with Crippen LogP contribution in [-0.2, 0) is 9.59 Å². The second kappa shape index (κ2) is 10.2. The molecule has 1 aliphatic rings. The lowest BCUT2D eigenvalue weighted by Crippen LogP contribution is -2.27. The number of fused-ring (bicyclic) bond motifs is 1. The van der Waals surface area contributed by atoms with Crippen molar-refractivity contribution in [2.45, 2.75) is 25.3 Å². The van der Waals surface area contributed by atoms with Gasteiger partial charge in [0.25, 0.3) is 5.56 Å². The third-order valence-corrected chi connectivity index (χ3v) is 6.68. The van der Waals surface area contributed by atoms with Gasteiger partial charge in [0, 0.05) is 40.0 Å². The lowest BCUT2D eigenvalue weighted by molar-refractivity contribution is -0.141. The van der Waals surface area contributed by atoms with Crippen LogP contribution in [0.25, 0.3) is 22.2 Å². The van der Waals surface area contributed by atoms with Crippen molar-refractivity contribution in [1.29, 1.82) is 0 Å². The average Bonchev–Trinajstić information content (AvgIpc) is 3.32. The zero-order valence-electron chi connectivity index (χ0n) is 19.3. The van der Waals surface area contributed by atoms with Gasteiger partial charge in [-0.25, -0.2) is 9.99 Å². The van der Waals surface area contributed by atoms with Gasteiger partial charge in [-0.15, -0.1) is 0 Å². The lowest BCUT2D eigenvalue weighted by Gasteiger charge is -2.22. The SMILES string of the molecule is O=C(O)CCC(=O)N1N=C(c2c(-c3ccc(Cl)cc3)c3cccnc3[nH]c2=O)C[C@@H]1c1ccc(Cl)cc1. The molecule has 2 aromatic heterocycles. The number of nitrogens with one attached hydrogen (secondary N) is 1. The van der Waals surface area contributed by atoms with E-state index in [2.05, 4.69) is 15.1 Å². The molecule has 2 N–H and O–H groups in total. The minimum Gasteiger partial charge on any atom is -0.481 e. The van der Waals surface area contributed by atoms with Crippen LogP contribution in [0.2, 0.25) is 10.0 Å². The number of aromatic amines is 1. The Morgan fingerprint density at radius 1 is 0.973 bits per heavy atom. The van der Waals surface area contributed by atoms with Gasteiger partial charge in [0.15, 0.2) is 0 Å². The molecule has 0 fully saturated rings. The van der Waals surface area contributed by atoms with E-state index in [4.69, 9.17) is 28.3 Å². The molecule has 0 bridgehead atoms. The van der Waals surface area contributed by atoms with E-state index in [9.17, 15) is 14.4 Å². The largest absolute Gasteiger partial charge is 0.481 e. The van der Waals surface area contributed by atoms with Crippen LogP contribution in [0.15, 0.2) is 76.8 Å². The predicted molar refractivity (Wildman–Crippen MR) is 142 cm³/mol. The van der Waals surface area contributed by atoms with Crippen LogP contribution in [-0.4, -0.2) is 37.7 Å². The molecule has 2 aromatic carbocycles. The highest BCUT2D eigenvalue weighted by Gasteiger charge is 2.35. The van der Waals surface area contributed by atoms with Gasteiger partial charge in [0.05, 0.1) is 23.7 Å². The maximum absolute atomic E-state index is 13.5. The first-order valence-electron chi connectivity index (χ1n) is 11.5. The number of hydrogen-bond donors (Lipinski definition) is 2. The van der Waals surface area contributed by atoms with Crippen LogP contribution in [0.1, 0.15) is 36.4 Å². The van der Waals surface area contributed by atoms with Crippen molar-refractivity contribution in [3.8, 4) is 11.1 Å². The van der Waals surface area contributed by atoms with Crippen LogP contribution in [0.4, 0.5) is 0 Å². The summed E-state index contributed by atoms with van der Waals surface area (Å²) < 4.78 is 0. The number of carbonyl (C=O) groups is 2. The van der Waals surface area contributed by atoms with E-state index in [-0.39, 0.29) is 19.3 Å². The van der Waals surface area contributed by atoms with Crippen LogP contribution >= 0.6 is 23.2 Å². The topological polar surface area (TPSA) is 116 Å². The number of hydrazone groups is 1. The summed E-state index contributed by atoms with van der Waals surface area (Å²) in [6, 6.07) is 17.2. The summed E-state index contributed by atoms with van der Waals surface area (Å²) in [6.07, 6.45) is 1.29. The molecule has 3 heterocycles.